The number of nitrogens with one attached hydrogen (secondary N) is 1. The first kappa shape index (κ1) is 27.6. The van der Waals surface area contributed by atoms with Gasteiger partial charge in [0.25, 0.3) is 0 Å². The molecule has 0 bridgehead atoms. The quantitative estimate of drug-likeness (QED) is 0.226. The molecule has 9 nitrogen and oxygen atoms in total. The number of halogens is 3. The van der Waals surface area contributed by atoms with Crippen molar-refractivity contribution in [3.63, 3.8) is 0 Å². The van der Waals surface area contributed by atoms with Crippen LogP contribution in [0.5, 0.6) is 0 Å². The third-order valence-corrected chi connectivity index (χ3v) is 7.68. The largest absolute Gasteiger partial charge is 0.310 e. The Morgan fingerprint density at radius 3 is 2.48 bits per heavy atom. The Morgan fingerprint density at radius 2 is 1.77 bits per heavy atom. The summed E-state index contributed by atoms with van der Waals surface area (Å²) in [7, 11) is 0. The summed E-state index contributed by atoms with van der Waals surface area (Å²) in [6, 6.07) is 6.60. The van der Waals surface area contributed by atoms with Crippen molar-refractivity contribution >= 4 is 50.1 Å². The molecule has 1 unspecified atom stereocenters. The smallest absolute Gasteiger partial charge is 0.229 e. The monoisotopic (exact) mass is 610 g/mol. The number of Topliss-reactive ketones (excluding diaryl/α,β-unsaturated/α-hetero) is 2. The van der Waals surface area contributed by atoms with Crippen LogP contribution in [0.2, 0.25) is 0 Å². The predicted octanol–water partition coefficient (Wildman–Crippen LogP) is 5.18. The second-order valence-corrected chi connectivity index (χ2v) is 10.7. The van der Waals surface area contributed by atoms with Gasteiger partial charge in [-0.25, -0.2) is 23.7 Å². The maximum Gasteiger partial charge on any atom is 0.229 e. The third kappa shape index (κ3) is 5.40. The fourth-order valence-corrected chi connectivity index (χ4v) is 5.35. The highest BCUT2D eigenvalue weighted by atomic mass is 79.9. The van der Waals surface area contributed by atoms with Crippen molar-refractivity contribution in [2.75, 3.05) is 5.32 Å². The number of alkyl halides is 1. The predicted molar refractivity (Wildman–Crippen MR) is 147 cm³/mol. The SMILES string of the molecule is CC(=O)c1nn(CC(=O)C2C[C@H](F)C[C@H]2C(=O)Nc2nc(Br)c(F)cc2C)c2ccc(-c3cnc(C)nc3)cc12. The number of hydrogen-bond acceptors (Lipinski definition) is 7. The van der Waals surface area contributed by atoms with Gasteiger partial charge in [-0.15, -0.1) is 0 Å². The lowest BCUT2D eigenvalue weighted by Crippen LogP contribution is -2.32. The number of carbonyl (C=O) groups excluding carboxylic acids is 3. The molecule has 3 heterocycles. The van der Waals surface area contributed by atoms with Crippen LogP contribution in [0.3, 0.4) is 0 Å². The van der Waals surface area contributed by atoms with Gasteiger partial charge in [-0.05, 0) is 71.9 Å². The van der Waals surface area contributed by atoms with Crippen molar-refractivity contribution < 1.29 is 23.2 Å². The van der Waals surface area contributed by atoms with Gasteiger partial charge < -0.3 is 5.32 Å². The summed E-state index contributed by atoms with van der Waals surface area (Å²) in [6.07, 6.45) is 1.81. The average molecular weight is 611 g/mol. The molecule has 0 saturated heterocycles. The number of carbonyl (C=O) groups is 3. The standard InChI is InChI=1S/C28H25BrF2N6O3/c1-13-6-22(31)26(29)34-27(13)35-28(40)20-9-18(30)8-19(20)24(39)12-37-23-5-4-16(17-10-32-15(3)33-11-17)7-21(23)25(36-37)14(2)38/h4-7,10-11,18-20H,8-9,12H2,1-3H3,(H,34,35,40)/t18-,19?,20+/m0/s1. The maximum atomic E-state index is 14.5. The average Bonchev–Trinajstić information content (AvgIpc) is 3.48. The maximum absolute atomic E-state index is 14.5. The van der Waals surface area contributed by atoms with Gasteiger partial charge in [0.1, 0.15) is 34.7 Å². The third-order valence-electron chi connectivity index (χ3n) is 7.12. The van der Waals surface area contributed by atoms with Crippen molar-refractivity contribution in [2.24, 2.45) is 11.8 Å². The van der Waals surface area contributed by atoms with Crippen LogP contribution in [-0.4, -0.2) is 48.4 Å². The Hall–Kier alpha value is -3.93. The van der Waals surface area contributed by atoms with Crippen LogP contribution in [-0.2, 0) is 16.1 Å². The highest BCUT2D eigenvalue weighted by molar-refractivity contribution is 9.10. The van der Waals surface area contributed by atoms with Crippen LogP contribution in [0.25, 0.3) is 22.0 Å². The number of fused-ring (bicyclic) bond motifs is 1. The van der Waals surface area contributed by atoms with Gasteiger partial charge in [-0.2, -0.15) is 5.10 Å². The van der Waals surface area contributed by atoms with Crippen LogP contribution < -0.4 is 5.32 Å². The summed E-state index contributed by atoms with van der Waals surface area (Å²) in [5.74, 6) is -2.86. The Morgan fingerprint density at radius 1 is 1.07 bits per heavy atom. The van der Waals surface area contributed by atoms with Crippen molar-refractivity contribution in [3.05, 3.63) is 64.2 Å². The van der Waals surface area contributed by atoms with Gasteiger partial charge in [0.2, 0.25) is 5.91 Å². The van der Waals surface area contributed by atoms with E-state index >= 15 is 0 Å². The van der Waals surface area contributed by atoms with E-state index in [1.807, 2.05) is 6.07 Å². The number of benzene rings is 1. The molecule has 206 valence electrons. The highest BCUT2D eigenvalue weighted by Crippen LogP contribution is 2.37. The van der Waals surface area contributed by atoms with Gasteiger partial charge >= 0.3 is 0 Å². The van der Waals surface area contributed by atoms with Crippen molar-refractivity contribution in [1.82, 2.24) is 24.7 Å². The van der Waals surface area contributed by atoms with E-state index in [4.69, 9.17) is 0 Å². The van der Waals surface area contributed by atoms with Gasteiger partial charge in [-0.3, -0.25) is 19.1 Å². The zero-order chi connectivity index (χ0) is 28.7. The van der Waals surface area contributed by atoms with Gasteiger partial charge in [0.05, 0.1) is 11.4 Å². The van der Waals surface area contributed by atoms with Gasteiger partial charge in [0, 0.05) is 36.2 Å². The first-order chi connectivity index (χ1) is 19.0. The number of aromatic nitrogens is 5. The molecule has 1 aliphatic rings. The number of pyridine rings is 1. The van der Waals surface area contributed by atoms with Gasteiger partial charge in [0.15, 0.2) is 17.4 Å². The molecule has 1 amide bonds. The minimum absolute atomic E-state index is 0.0688. The van der Waals surface area contributed by atoms with E-state index < -0.39 is 29.7 Å². The topological polar surface area (TPSA) is 120 Å². The lowest BCUT2D eigenvalue weighted by atomic mass is 9.91. The van der Waals surface area contributed by atoms with Crippen molar-refractivity contribution in [3.8, 4) is 11.1 Å². The van der Waals surface area contributed by atoms with Crippen molar-refractivity contribution in [1.29, 1.82) is 0 Å². The molecule has 0 radical (unpaired) electrons. The number of hydrogen-bond donors (Lipinski definition) is 1. The molecule has 1 saturated carbocycles. The molecule has 1 aromatic carbocycles. The molecule has 1 N–H and O–H groups in total. The van der Waals surface area contributed by atoms with E-state index in [1.165, 1.54) is 17.7 Å². The number of rotatable bonds is 7. The lowest BCUT2D eigenvalue weighted by molar-refractivity contribution is -0.130. The van der Waals surface area contributed by atoms with Crippen LogP contribution in [0, 0.1) is 31.5 Å². The van der Waals surface area contributed by atoms with E-state index in [0.29, 0.717) is 22.3 Å². The summed E-state index contributed by atoms with van der Waals surface area (Å²) in [6.45, 7) is 4.52. The summed E-state index contributed by atoms with van der Waals surface area (Å²) in [5, 5.41) is 7.59. The molecule has 40 heavy (non-hydrogen) atoms. The van der Waals surface area contributed by atoms with E-state index in [2.05, 4.69) is 41.3 Å². The minimum atomic E-state index is -1.33. The first-order valence-electron chi connectivity index (χ1n) is 12.6. The van der Waals surface area contributed by atoms with Crippen LogP contribution in [0.4, 0.5) is 14.6 Å². The minimum Gasteiger partial charge on any atom is -0.310 e. The number of nitrogens with zero attached hydrogens (tertiary/aromatic N) is 5. The Bertz CT molecular complexity index is 1660. The van der Waals surface area contributed by atoms with Crippen molar-refractivity contribution in [2.45, 2.75) is 46.3 Å². The molecule has 1 fully saturated rings. The number of anilines is 1. The summed E-state index contributed by atoms with van der Waals surface area (Å²) in [5.41, 5.74) is 2.69. The normalized spacial score (nSPS) is 18.7. The fraction of sp³-hybridized carbons (Fsp3) is 0.321. The van der Waals surface area contributed by atoms with Crippen LogP contribution in [0.15, 0.2) is 41.3 Å². The number of amides is 1. The molecule has 5 rings (SSSR count). The van der Waals surface area contributed by atoms with Crippen LogP contribution in [0.1, 0.15) is 41.6 Å². The molecular formula is C28H25BrF2N6O3. The molecule has 3 atom stereocenters. The second-order valence-electron chi connectivity index (χ2n) is 9.98. The zero-order valence-electron chi connectivity index (χ0n) is 21.9. The molecule has 3 aromatic heterocycles. The first-order valence-corrected chi connectivity index (χ1v) is 13.4. The Balaban J connectivity index is 1.41. The molecule has 0 aliphatic heterocycles. The molecule has 0 spiro atoms. The molecular weight excluding hydrogens is 586 g/mol. The van der Waals surface area contributed by atoms with E-state index in [9.17, 15) is 23.2 Å². The Labute approximate surface area is 236 Å². The van der Waals surface area contributed by atoms with E-state index in [1.54, 1.807) is 38.4 Å². The molecule has 4 aromatic rings. The highest BCUT2D eigenvalue weighted by Gasteiger charge is 2.43. The fourth-order valence-electron chi connectivity index (χ4n) is 5.06. The second kappa shape index (κ2) is 10.9. The Kier molecular flexibility index (Phi) is 7.54. The summed E-state index contributed by atoms with van der Waals surface area (Å²) >= 11 is 3.00. The number of ketones is 2. The summed E-state index contributed by atoms with van der Waals surface area (Å²) < 4.78 is 29.6. The van der Waals surface area contributed by atoms with E-state index in [0.717, 1.165) is 11.1 Å². The van der Waals surface area contributed by atoms with Gasteiger partial charge in [-0.1, -0.05) is 6.07 Å². The lowest BCUT2D eigenvalue weighted by Gasteiger charge is -2.18. The summed E-state index contributed by atoms with van der Waals surface area (Å²) in [4.78, 5) is 51.4. The zero-order valence-corrected chi connectivity index (χ0v) is 23.5. The molecule has 1 aliphatic carbocycles. The molecule has 12 heteroatoms. The number of aryl methyl sites for hydroxylation is 2. The van der Waals surface area contributed by atoms with E-state index in [-0.39, 0.29) is 47.1 Å². The van der Waals surface area contributed by atoms with Crippen LogP contribution >= 0.6 is 15.9 Å².